The summed E-state index contributed by atoms with van der Waals surface area (Å²) in [5, 5.41) is 0. The average Bonchev–Trinajstić information content (AvgIpc) is 3.01. The molecule has 1 aromatic heterocycles. The van der Waals surface area contributed by atoms with E-state index in [2.05, 4.69) is 4.98 Å². The van der Waals surface area contributed by atoms with Gasteiger partial charge in [0.1, 0.15) is 5.56 Å². The van der Waals surface area contributed by atoms with Crippen LogP contribution in [0, 0.1) is 0 Å². The molecule has 1 aliphatic heterocycles. The second-order valence-electron chi connectivity index (χ2n) is 5.84. The minimum absolute atomic E-state index is 0.0158. The maximum absolute atomic E-state index is 12.5. The molecule has 1 unspecified atom stereocenters. The molecule has 6 nitrogen and oxygen atoms in total. The number of aromatic nitrogens is 1. The summed E-state index contributed by atoms with van der Waals surface area (Å²) in [4.78, 5) is 28.7. The van der Waals surface area contributed by atoms with Gasteiger partial charge in [-0.25, -0.2) is 8.42 Å². The molecule has 0 bridgehead atoms. The second kappa shape index (κ2) is 4.98. The number of pyridine rings is 1. The molecule has 1 saturated heterocycles. The highest BCUT2D eigenvalue weighted by molar-refractivity contribution is 7.91. The molecule has 21 heavy (non-hydrogen) atoms. The third-order valence-corrected chi connectivity index (χ3v) is 6.15. The Balaban J connectivity index is 1.87. The van der Waals surface area contributed by atoms with Crippen LogP contribution in [-0.4, -0.2) is 48.8 Å². The molecule has 1 amide bonds. The number of nitrogens with one attached hydrogen (secondary N) is 1. The minimum Gasteiger partial charge on any atom is -0.337 e. The number of nitrogens with zero attached hydrogens (tertiary/aromatic N) is 1. The van der Waals surface area contributed by atoms with Gasteiger partial charge in [-0.2, -0.15) is 0 Å². The lowest BCUT2D eigenvalue weighted by molar-refractivity contribution is 0.0745. The highest BCUT2D eigenvalue weighted by atomic mass is 32.2. The maximum Gasteiger partial charge on any atom is 0.261 e. The van der Waals surface area contributed by atoms with Crippen molar-refractivity contribution in [3.8, 4) is 0 Å². The third kappa shape index (κ3) is 2.62. The quantitative estimate of drug-likeness (QED) is 0.840. The number of amides is 1. The third-order valence-electron chi connectivity index (χ3n) is 4.39. The molecule has 0 radical (unpaired) electrons. The number of rotatable bonds is 2. The van der Waals surface area contributed by atoms with Gasteiger partial charge in [-0.1, -0.05) is 0 Å². The normalized spacial score (nSPS) is 23.0. The van der Waals surface area contributed by atoms with Gasteiger partial charge in [-0.15, -0.1) is 0 Å². The van der Waals surface area contributed by atoms with Gasteiger partial charge in [-0.05, 0) is 37.3 Å². The Kier molecular flexibility index (Phi) is 3.39. The zero-order chi connectivity index (χ0) is 15.2. The molecule has 2 heterocycles. The van der Waals surface area contributed by atoms with Crippen LogP contribution in [0.1, 0.15) is 34.5 Å². The summed E-state index contributed by atoms with van der Waals surface area (Å²) >= 11 is 0. The Hall–Kier alpha value is -1.63. The predicted octanol–water partition coefficient (Wildman–Crippen LogP) is 0.123. The summed E-state index contributed by atoms with van der Waals surface area (Å²) in [5.41, 5.74) is 1.67. The van der Waals surface area contributed by atoms with Crippen LogP contribution in [0.4, 0.5) is 0 Å². The van der Waals surface area contributed by atoms with Crippen molar-refractivity contribution < 1.29 is 13.2 Å². The second-order valence-corrected chi connectivity index (χ2v) is 8.07. The number of hydrogen-bond acceptors (Lipinski definition) is 4. The summed E-state index contributed by atoms with van der Waals surface area (Å²) in [5.74, 6) is -0.304. The van der Waals surface area contributed by atoms with Gasteiger partial charge >= 0.3 is 0 Å². The molecule has 0 spiro atoms. The van der Waals surface area contributed by atoms with Crippen molar-refractivity contribution in [2.24, 2.45) is 0 Å². The maximum atomic E-state index is 12.5. The number of fused-ring (bicyclic) bond motifs is 1. The van der Waals surface area contributed by atoms with E-state index in [9.17, 15) is 18.0 Å². The van der Waals surface area contributed by atoms with Crippen LogP contribution in [-0.2, 0) is 22.7 Å². The molecule has 0 saturated carbocycles. The number of sulfone groups is 1. The number of aromatic amines is 1. The molecule has 7 heteroatoms. The zero-order valence-corrected chi connectivity index (χ0v) is 12.7. The van der Waals surface area contributed by atoms with E-state index < -0.39 is 15.7 Å². The number of carbonyl (C=O) groups excluding carboxylic acids is 1. The summed E-state index contributed by atoms with van der Waals surface area (Å²) in [6.07, 6.45) is 3.14. The van der Waals surface area contributed by atoms with Gasteiger partial charge in [0.25, 0.3) is 11.5 Å². The molecule has 1 aromatic rings. The summed E-state index contributed by atoms with van der Waals surface area (Å²) in [6.45, 7) is 0. The Labute approximate surface area is 123 Å². The van der Waals surface area contributed by atoms with Crippen molar-refractivity contribution in [3.63, 3.8) is 0 Å². The van der Waals surface area contributed by atoms with Crippen molar-refractivity contribution in [1.29, 1.82) is 0 Å². The fourth-order valence-electron chi connectivity index (χ4n) is 3.11. The number of carbonyl (C=O) groups is 1. The van der Waals surface area contributed by atoms with Crippen LogP contribution in [0.2, 0.25) is 0 Å². The fraction of sp³-hybridized carbons (Fsp3) is 0.571. The summed E-state index contributed by atoms with van der Waals surface area (Å²) < 4.78 is 23.0. The number of aryl methyl sites for hydroxylation is 2. The van der Waals surface area contributed by atoms with E-state index in [1.54, 1.807) is 13.1 Å². The largest absolute Gasteiger partial charge is 0.337 e. The van der Waals surface area contributed by atoms with E-state index in [0.717, 1.165) is 30.5 Å². The van der Waals surface area contributed by atoms with Crippen molar-refractivity contribution >= 4 is 15.7 Å². The summed E-state index contributed by atoms with van der Waals surface area (Å²) in [7, 11) is -1.49. The zero-order valence-electron chi connectivity index (χ0n) is 11.9. The Morgan fingerprint density at radius 3 is 2.81 bits per heavy atom. The van der Waals surface area contributed by atoms with Gasteiger partial charge in [0.05, 0.1) is 11.5 Å². The topological polar surface area (TPSA) is 87.3 Å². The minimum atomic E-state index is -3.06. The molecule has 1 atom stereocenters. The van der Waals surface area contributed by atoms with Crippen molar-refractivity contribution in [1.82, 2.24) is 9.88 Å². The van der Waals surface area contributed by atoms with E-state index in [-0.39, 0.29) is 28.7 Å². The Morgan fingerprint density at radius 2 is 2.14 bits per heavy atom. The summed E-state index contributed by atoms with van der Waals surface area (Å²) in [6, 6.07) is 1.33. The van der Waals surface area contributed by atoms with Crippen LogP contribution in [0.5, 0.6) is 0 Å². The first kappa shape index (κ1) is 14.3. The average molecular weight is 310 g/mol. The van der Waals surface area contributed by atoms with E-state index in [4.69, 9.17) is 0 Å². The predicted molar refractivity (Wildman–Crippen MR) is 78.2 cm³/mol. The molecular weight excluding hydrogens is 292 g/mol. The highest BCUT2D eigenvalue weighted by Crippen LogP contribution is 2.21. The van der Waals surface area contributed by atoms with Crippen LogP contribution in [0.3, 0.4) is 0 Å². The van der Waals surface area contributed by atoms with Crippen molar-refractivity contribution in [2.45, 2.75) is 31.7 Å². The van der Waals surface area contributed by atoms with E-state index in [0.29, 0.717) is 6.42 Å². The first-order valence-corrected chi connectivity index (χ1v) is 8.92. The van der Waals surface area contributed by atoms with Gasteiger partial charge in [0, 0.05) is 18.8 Å². The number of H-pyrrole nitrogens is 1. The van der Waals surface area contributed by atoms with Crippen LogP contribution in [0.25, 0.3) is 0 Å². The monoisotopic (exact) mass is 310 g/mol. The van der Waals surface area contributed by atoms with E-state index in [1.807, 2.05) is 0 Å². The van der Waals surface area contributed by atoms with E-state index >= 15 is 0 Å². The van der Waals surface area contributed by atoms with Gasteiger partial charge in [0.15, 0.2) is 9.84 Å². The van der Waals surface area contributed by atoms with Crippen LogP contribution in [0.15, 0.2) is 10.9 Å². The van der Waals surface area contributed by atoms with Crippen LogP contribution < -0.4 is 5.56 Å². The van der Waals surface area contributed by atoms with Gasteiger partial charge < -0.3 is 9.88 Å². The fourth-order valence-corrected chi connectivity index (χ4v) is 4.88. The smallest absolute Gasteiger partial charge is 0.261 e. The molecular formula is C14H18N2O4S. The van der Waals surface area contributed by atoms with Crippen molar-refractivity contribution in [2.75, 3.05) is 18.6 Å². The first-order chi connectivity index (χ1) is 9.87. The Bertz CT molecular complexity index is 751. The molecule has 2 aliphatic rings. The molecule has 3 rings (SSSR count). The van der Waals surface area contributed by atoms with E-state index in [1.165, 1.54) is 4.90 Å². The molecule has 1 fully saturated rings. The lowest BCUT2D eigenvalue weighted by atomic mass is 10.1. The molecule has 114 valence electrons. The molecule has 0 aromatic carbocycles. The lowest BCUT2D eigenvalue weighted by Crippen LogP contribution is -2.40. The van der Waals surface area contributed by atoms with Crippen molar-refractivity contribution in [3.05, 3.63) is 33.2 Å². The molecule has 1 aliphatic carbocycles. The Morgan fingerprint density at radius 1 is 1.38 bits per heavy atom. The standard InChI is InChI=1S/C14H18N2O4S/c1-16(10-5-6-21(19,20)8-10)14(18)11-7-9-3-2-4-12(9)15-13(11)17/h7,10H,2-6,8H2,1H3,(H,15,17). The van der Waals surface area contributed by atoms with Gasteiger partial charge in [0.2, 0.25) is 0 Å². The van der Waals surface area contributed by atoms with Crippen LogP contribution >= 0.6 is 0 Å². The number of hydrogen-bond donors (Lipinski definition) is 1. The SMILES string of the molecule is CN(C(=O)c1cc2c([nH]c1=O)CCC2)C1CCS(=O)(=O)C1. The van der Waals surface area contributed by atoms with Gasteiger partial charge in [-0.3, -0.25) is 9.59 Å². The lowest BCUT2D eigenvalue weighted by Gasteiger charge is -2.23. The highest BCUT2D eigenvalue weighted by Gasteiger charge is 2.34. The molecule has 1 N–H and O–H groups in total. The first-order valence-electron chi connectivity index (χ1n) is 7.10.